The van der Waals surface area contributed by atoms with Gasteiger partial charge in [0.05, 0.1) is 5.60 Å². The van der Waals surface area contributed by atoms with Gasteiger partial charge in [0.1, 0.15) is 13.2 Å². The Morgan fingerprint density at radius 2 is 1.92 bits per heavy atom. The van der Waals surface area contributed by atoms with Crippen LogP contribution in [0.1, 0.15) is 56.4 Å². The van der Waals surface area contributed by atoms with E-state index in [1.807, 2.05) is 12.1 Å². The van der Waals surface area contributed by atoms with E-state index in [9.17, 15) is 9.90 Å². The van der Waals surface area contributed by atoms with E-state index in [1.165, 1.54) is 12.8 Å². The third-order valence-corrected chi connectivity index (χ3v) is 5.74. The number of fused-ring (bicyclic) bond motifs is 1. The summed E-state index contributed by atoms with van der Waals surface area (Å²) in [7, 11) is 0. The quantitative estimate of drug-likeness (QED) is 0.832. The molecule has 1 heterocycles. The SMILES string of the molecule is O=C(CC(c1ccc2c(c1)OCCO2)C1CC1)NCC1(O)CCCC1. The molecule has 0 spiro atoms. The van der Waals surface area contributed by atoms with Gasteiger partial charge in [-0.25, -0.2) is 0 Å². The third-order valence-electron chi connectivity index (χ3n) is 5.74. The first-order valence-corrected chi connectivity index (χ1v) is 9.52. The first-order chi connectivity index (χ1) is 12.1. The van der Waals surface area contributed by atoms with Gasteiger partial charge < -0.3 is 19.9 Å². The normalized spacial score (nSPS) is 22.4. The zero-order valence-corrected chi connectivity index (χ0v) is 14.6. The van der Waals surface area contributed by atoms with Crippen molar-refractivity contribution in [3.63, 3.8) is 0 Å². The van der Waals surface area contributed by atoms with Crippen LogP contribution in [0.25, 0.3) is 0 Å². The van der Waals surface area contributed by atoms with E-state index in [1.54, 1.807) is 0 Å². The Kier molecular flexibility index (Phi) is 4.59. The number of rotatable bonds is 6. The van der Waals surface area contributed by atoms with Crippen LogP contribution in [0.15, 0.2) is 18.2 Å². The second kappa shape index (κ2) is 6.87. The lowest BCUT2D eigenvalue weighted by molar-refractivity contribution is -0.122. The van der Waals surface area contributed by atoms with Gasteiger partial charge in [0.15, 0.2) is 11.5 Å². The van der Waals surface area contributed by atoms with Crippen LogP contribution < -0.4 is 14.8 Å². The summed E-state index contributed by atoms with van der Waals surface area (Å²) in [6, 6.07) is 6.06. The fraction of sp³-hybridized carbons (Fsp3) is 0.650. The van der Waals surface area contributed by atoms with Gasteiger partial charge in [-0.15, -0.1) is 0 Å². The highest BCUT2D eigenvalue weighted by atomic mass is 16.6. The number of amides is 1. The van der Waals surface area contributed by atoms with Crippen LogP contribution in [0.2, 0.25) is 0 Å². The molecule has 1 amide bonds. The van der Waals surface area contributed by atoms with Crippen molar-refractivity contribution >= 4 is 5.91 Å². The van der Waals surface area contributed by atoms with E-state index in [0.717, 1.165) is 42.7 Å². The zero-order valence-electron chi connectivity index (χ0n) is 14.6. The van der Waals surface area contributed by atoms with Crippen LogP contribution in [0.5, 0.6) is 11.5 Å². The molecule has 2 N–H and O–H groups in total. The molecule has 0 aromatic heterocycles. The number of nitrogens with one attached hydrogen (secondary N) is 1. The van der Waals surface area contributed by atoms with Crippen LogP contribution in [0, 0.1) is 5.92 Å². The molecule has 25 heavy (non-hydrogen) atoms. The molecule has 0 radical (unpaired) electrons. The van der Waals surface area contributed by atoms with Gasteiger partial charge in [0.25, 0.3) is 0 Å². The standard InChI is InChI=1S/C20H27NO4/c22-19(21-13-20(23)7-1-2-8-20)12-16(14-3-4-14)15-5-6-17-18(11-15)25-10-9-24-17/h5-6,11,14,16,23H,1-4,7-10,12-13H2,(H,21,22). The van der Waals surface area contributed by atoms with Crippen LogP contribution >= 0.6 is 0 Å². The summed E-state index contributed by atoms with van der Waals surface area (Å²) in [6.45, 7) is 1.54. The minimum atomic E-state index is -0.693. The molecule has 1 aliphatic heterocycles. The van der Waals surface area contributed by atoms with Crippen molar-refractivity contribution in [2.75, 3.05) is 19.8 Å². The lowest BCUT2D eigenvalue weighted by atomic mass is 9.90. The third kappa shape index (κ3) is 3.92. The Morgan fingerprint density at radius 3 is 2.64 bits per heavy atom. The minimum Gasteiger partial charge on any atom is -0.486 e. The van der Waals surface area contributed by atoms with Crippen molar-refractivity contribution in [2.24, 2.45) is 5.92 Å². The summed E-state index contributed by atoms with van der Waals surface area (Å²) < 4.78 is 11.3. The summed E-state index contributed by atoms with van der Waals surface area (Å²) in [5.74, 6) is 2.40. The molecule has 2 saturated carbocycles. The maximum absolute atomic E-state index is 12.5. The molecule has 1 aromatic rings. The average molecular weight is 345 g/mol. The van der Waals surface area contributed by atoms with Gasteiger partial charge in [-0.1, -0.05) is 18.9 Å². The highest BCUT2D eigenvalue weighted by Gasteiger charge is 2.35. The lowest BCUT2D eigenvalue weighted by Crippen LogP contribution is -2.41. The minimum absolute atomic E-state index is 0.0344. The van der Waals surface area contributed by atoms with Crippen LogP contribution in [-0.2, 0) is 4.79 Å². The average Bonchev–Trinajstić information content (AvgIpc) is 3.38. The highest BCUT2D eigenvalue weighted by molar-refractivity contribution is 5.77. The predicted octanol–water partition coefficient (Wildman–Crippen LogP) is 2.76. The maximum Gasteiger partial charge on any atom is 0.220 e. The summed E-state index contributed by atoms with van der Waals surface area (Å²) >= 11 is 0. The second-order valence-corrected chi connectivity index (χ2v) is 7.76. The van der Waals surface area contributed by atoms with Gasteiger partial charge in [0.2, 0.25) is 5.91 Å². The Labute approximate surface area is 148 Å². The van der Waals surface area contributed by atoms with Crippen LogP contribution in [0.3, 0.4) is 0 Å². The number of carbonyl (C=O) groups excluding carboxylic acids is 1. The van der Waals surface area contributed by atoms with Gasteiger partial charge in [-0.2, -0.15) is 0 Å². The molecular weight excluding hydrogens is 318 g/mol. The number of hydrogen-bond acceptors (Lipinski definition) is 4. The maximum atomic E-state index is 12.5. The Hall–Kier alpha value is -1.75. The molecule has 136 valence electrons. The monoisotopic (exact) mass is 345 g/mol. The predicted molar refractivity (Wildman–Crippen MR) is 93.9 cm³/mol. The smallest absolute Gasteiger partial charge is 0.220 e. The van der Waals surface area contributed by atoms with E-state index in [-0.39, 0.29) is 11.8 Å². The van der Waals surface area contributed by atoms with Gasteiger partial charge in [-0.05, 0) is 55.2 Å². The fourth-order valence-corrected chi connectivity index (χ4v) is 4.09. The largest absolute Gasteiger partial charge is 0.486 e. The number of carbonyl (C=O) groups is 1. The summed E-state index contributed by atoms with van der Waals surface area (Å²) in [5, 5.41) is 13.4. The van der Waals surface area contributed by atoms with Gasteiger partial charge >= 0.3 is 0 Å². The molecule has 0 bridgehead atoms. The molecule has 5 nitrogen and oxygen atoms in total. The number of hydrogen-bond donors (Lipinski definition) is 2. The zero-order chi connectivity index (χ0) is 17.3. The Balaban J connectivity index is 1.40. The van der Waals surface area contributed by atoms with Crippen LogP contribution in [-0.4, -0.2) is 36.4 Å². The van der Waals surface area contributed by atoms with E-state index >= 15 is 0 Å². The molecule has 2 fully saturated rings. The van der Waals surface area contributed by atoms with Gasteiger partial charge in [0, 0.05) is 13.0 Å². The molecule has 2 aliphatic carbocycles. The van der Waals surface area contributed by atoms with Gasteiger partial charge in [-0.3, -0.25) is 4.79 Å². The Bertz CT molecular complexity index is 635. The molecule has 4 rings (SSSR count). The summed E-state index contributed by atoms with van der Waals surface area (Å²) in [5.41, 5.74) is 0.461. The van der Waals surface area contributed by atoms with E-state index in [4.69, 9.17) is 9.47 Å². The number of aliphatic hydroxyl groups is 1. The van der Waals surface area contributed by atoms with Crippen molar-refractivity contribution < 1.29 is 19.4 Å². The van der Waals surface area contributed by atoms with E-state index in [2.05, 4.69) is 11.4 Å². The van der Waals surface area contributed by atoms with E-state index < -0.39 is 5.60 Å². The molecule has 0 saturated heterocycles. The molecular formula is C20H27NO4. The highest BCUT2D eigenvalue weighted by Crippen LogP contribution is 2.46. The summed E-state index contributed by atoms with van der Waals surface area (Å²) in [4.78, 5) is 12.5. The molecule has 1 aromatic carbocycles. The summed E-state index contributed by atoms with van der Waals surface area (Å²) in [6.07, 6.45) is 6.51. The molecule has 5 heteroatoms. The number of ether oxygens (including phenoxy) is 2. The van der Waals surface area contributed by atoms with Crippen molar-refractivity contribution in [1.29, 1.82) is 0 Å². The van der Waals surface area contributed by atoms with E-state index in [0.29, 0.717) is 32.1 Å². The first-order valence-electron chi connectivity index (χ1n) is 9.52. The second-order valence-electron chi connectivity index (χ2n) is 7.76. The fourth-order valence-electron chi connectivity index (χ4n) is 4.09. The van der Waals surface area contributed by atoms with Crippen molar-refractivity contribution in [1.82, 2.24) is 5.32 Å². The molecule has 1 unspecified atom stereocenters. The first kappa shape index (κ1) is 16.7. The molecule has 3 aliphatic rings. The lowest BCUT2D eigenvalue weighted by Gasteiger charge is -2.24. The van der Waals surface area contributed by atoms with Crippen molar-refractivity contribution in [3.05, 3.63) is 23.8 Å². The molecule has 1 atom stereocenters. The van der Waals surface area contributed by atoms with Crippen molar-refractivity contribution in [2.45, 2.75) is 56.5 Å². The van der Waals surface area contributed by atoms with Crippen LogP contribution in [0.4, 0.5) is 0 Å². The topological polar surface area (TPSA) is 67.8 Å². The Morgan fingerprint density at radius 1 is 1.20 bits per heavy atom. The number of benzene rings is 1. The van der Waals surface area contributed by atoms with Crippen molar-refractivity contribution in [3.8, 4) is 11.5 Å².